The predicted molar refractivity (Wildman–Crippen MR) is 74.5 cm³/mol. The van der Waals surface area contributed by atoms with Gasteiger partial charge in [-0.3, -0.25) is 4.79 Å². The number of amides is 1. The Morgan fingerprint density at radius 1 is 1.47 bits per heavy atom. The summed E-state index contributed by atoms with van der Waals surface area (Å²) in [6.45, 7) is 4.63. The van der Waals surface area contributed by atoms with Crippen molar-refractivity contribution >= 4 is 5.91 Å². The van der Waals surface area contributed by atoms with Gasteiger partial charge in [0.2, 0.25) is 5.91 Å². The van der Waals surface area contributed by atoms with Gasteiger partial charge in [0.25, 0.3) is 0 Å². The van der Waals surface area contributed by atoms with Gasteiger partial charge >= 0.3 is 0 Å². The van der Waals surface area contributed by atoms with Gasteiger partial charge in [0.15, 0.2) is 0 Å². The number of likely N-dealkylation sites (tertiary alicyclic amines) is 1. The molecule has 2 N–H and O–H groups in total. The highest BCUT2D eigenvalue weighted by Gasteiger charge is 2.39. The van der Waals surface area contributed by atoms with Crippen LogP contribution < -0.4 is 5.73 Å². The van der Waals surface area contributed by atoms with Crippen LogP contribution in [0.1, 0.15) is 37.4 Å². The minimum Gasteiger partial charge on any atom is -0.380 e. The van der Waals surface area contributed by atoms with E-state index in [2.05, 4.69) is 6.07 Å². The summed E-state index contributed by atoms with van der Waals surface area (Å²) in [6.07, 6.45) is 0.428. The van der Waals surface area contributed by atoms with Crippen molar-refractivity contribution in [1.82, 2.24) is 4.90 Å². The average molecular weight is 262 g/mol. The molecule has 0 saturated carbocycles. The summed E-state index contributed by atoms with van der Waals surface area (Å²) in [6, 6.07) is 8.15. The van der Waals surface area contributed by atoms with Gasteiger partial charge in [0.1, 0.15) is 0 Å². The van der Waals surface area contributed by atoms with Crippen molar-refractivity contribution in [3.8, 4) is 0 Å². The van der Waals surface area contributed by atoms with Crippen LogP contribution in [0.15, 0.2) is 24.3 Å². The van der Waals surface area contributed by atoms with Crippen molar-refractivity contribution in [3.05, 3.63) is 35.4 Å². The van der Waals surface area contributed by atoms with Gasteiger partial charge in [0, 0.05) is 25.6 Å². The Kier molecular flexibility index (Phi) is 4.22. The van der Waals surface area contributed by atoms with E-state index in [1.165, 1.54) is 0 Å². The highest BCUT2D eigenvalue weighted by Crippen LogP contribution is 2.34. The monoisotopic (exact) mass is 262 g/mol. The van der Waals surface area contributed by atoms with Crippen LogP contribution >= 0.6 is 0 Å². The number of carbonyl (C=O) groups is 1. The largest absolute Gasteiger partial charge is 0.380 e. The van der Waals surface area contributed by atoms with E-state index in [1.807, 2.05) is 36.9 Å². The number of nitrogens with zero attached hydrogens (tertiary/aromatic N) is 1. The molecule has 0 bridgehead atoms. The highest BCUT2D eigenvalue weighted by atomic mass is 16.5. The maximum absolute atomic E-state index is 12.0. The van der Waals surface area contributed by atoms with Crippen LogP contribution in [0.5, 0.6) is 0 Å². The Morgan fingerprint density at radius 2 is 2.21 bits per heavy atom. The van der Waals surface area contributed by atoms with E-state index in [1.54, 1.807) is 7.11 Å². The van der Waals surface area contributed by atoms with E-state index < -0.39 is 0 Å². The van der Waals surface area contributed by atoms with Gasteiger partial charge in [-0.05, 0) is 25.0 Å². The smallest absolute Gasteiger partial charge is 0.225 e. The first-order valence-corrected chi connectivity index (χ1v) is 6.69. The average Bonchev–Trinajstić information content (AvgIpc) is 2.65. The third kappa shape index (κ3) is 2.80. The Morgan fingerprint density at radius 3 is 2.84 bits per heavy atom. The molecule has 1 saturated heterocycles. The summed E-state index contributed by atoms with van der Waals surface area (Å²) in [5.41, 5.74) is 8.37. The Hall–Kier alpha value is -1.39. The minimum atomic E-state index is -0.132. The van der Waals surface area contributed by atoms with Crippen molar-refractivity contribution < 1.29 is 9.53 Å². The van der Waals surface area contributed by atoms with Crippen LogP contribution in [0.3, 0.4) is 0 Å². The molecule has 4 heteroatoms. The molecule has 1 amide bonds. The van der Waals surface area contributed by atoms with Gasteiger partial charge in [-0.15, -0.1) is 0 Å². The Balaban J connectivity index is 2.32. The summed E-state index contributed by atoms with van der Waals surface area (Å²) in [5, 5.41) is 0. The van der Waals surface area contributed by atoms with Crippen LogP contribution in [0.4, 0.5) is 0 Å². The standard InChI is InChI=1S/C15H22N2O2/c1-10(2)17-14(18)8-13(16)15(17)12-6-4-5-11(7-12)9-19-3/h4-7,10,13,15H,8-9,16H2,1-3H3. The van der Waals surface area contributed by atoms with Gasteiger partial charge in [-0.1, -0.05) is 24.3 Å². The van der Waals surface area contributed by atoms with E-state index in [-0.39, 0.29) is 24.0 Å². The first kappa shape index (κ1) is 14.0. The molecule has 1 fully saturated rings. The quantitative estimate of drug-likeness (QED) is 0.901. The van der Waals surface area contributed by atoms with Crippen LogP contribution in [0, 0.1) is 0 Å². The van der Waals surface area contributed by atoms with Crippen LogP contribution in [0.2, 0.25) is 0 Å². The van der Waals surface area contributed by atoms with Crippen LogP contribution in [-0.2, 0) is 16.1 Å². The first-order valence-electron chi connectivity index (χ1n) is 6.69. The summed E-state index contributed by atoms with van der Waals surface area (Å²) < 4.78 is 5.16. The molecule has 2 unspecified atom stereocenters. The molecule has 19 heavy (non-hydrogen) atoms. The summed E-state index contributed by atoms with van der Waals surface area (Å²) in [7, 11) is 1.68. The summed E-state index contributed by atoms with van der Waals surface area (Å²) in [5.74, 6) is 0.143. The zero-order chi connectivity index (χ0) is 14.0. The van der Waals surface area contributed by atoms with Gasteiger partial charge in [0.05, 0.1) is 12.6 Å². The molecule has 1 aliphatic rings. The summed E-state index contributed by atoms with van der Waals surface area (Å²) >= 11 is 0. The lowest BCUT2D eigenvalue weighted by molar-refractivity contribution is -0.130. The topological polar surface area (TPSA) is 55.6 Å². The fourth-order valence-corrected chi connectivity index (χ4v) is 2.83. The van der Waals surface area contributed by atoms with E-state index in [9.17, 15) is 4.79 Å². The van der Waals surface area contributed by atoms with E-state index in [4.69, 9.17) is 10.5 Å². The molecule has 0 aliphatic carbocycles. The minimum absolute atomic E-state index is 0.0238. The number of hydrogen-bond acceptors (Lipinski definition) is 3. The second-order valence-corrected chi connectivity index (χ2v) is 5.39. The lowest BCUT2D eigenvalue weighted by Crippen LogP contribution is -2.37. The molecule has 2 rings (SSSR count). The number of methoxy groups -OCH3 is 1. The zero-order valence-electron chi connectivity index (χ0n) is 11.8. The molecule has 1 aromatic carbocycles. The number of nitrogens with two attached hydrogens (primary N) is 1. The number of carbonyl (C=O) groups excluding carboxylic acids is 1. The molecule has 104 valence electrons. The predicted octanol–water partition coefficient (Wildman–Crippen LogP) is 1.84. The van der Waals surface area contributed by atoms with Crippen LogP contribution in [-0.4, -0.2) is 30.0 Å². The van der Waals surface area contributed by atoms with Crippen molar-refractivity contribution in [1.29, 1.82) is 0 Å². The summed E-state index contributed by atoms with van der Waals surface area (Å²) in [4.78, 5) is 13.9. The zero-order valence-corrected chi connectivity index (χ0v) is 11.8. The number of hydrogen-bond donors (Lipinski definition) is 1. The second-order valence-electron chi connectivity index (χ2n) is 5.39. The molecular weight excluding hydrogens is 240 g/mol. The third-order valence-electron chi connectivity index (χ3n) is 3.56. The normalized spacial score (nSPS) is 23.4. The van der Waals surface area contributed by atoms with E-state index in [0.29, 0.717) is 13.0 Å². The number of ether oxygens (including phenoxy) is 1. The van der Waals surface area contributed by atoms with Gasteiger partial charge in [-0.2, -0.15) is 0 Å². The Bertz CT molecular complexity index is 459. The maximum Gasteiger partial charge on any atom is 0.225 e. The highest BCUT2D eigenvalue weighted by molar-refractivity contribution is 5.80. The molecular formula is C15H22N2O2. The Labute approximate surface area is 114 Å². The van der Waals surface area contributed by atoms with Gasteiger partial charge in [-0.25, -0.2) is 0 Å². The van der Waals surface area contributed by atoms with Crippen molar-refractivity contribution in [2.45, 2.75) is 45.0 Å². The third-order valence-corrected chi connectivity index (χ3v) is 3.56. The number of rotatable bonds is 4. The molecule has 4 nitrogen and oxygen atoms in total. The van der Waals surface area contributed by atoms with Crippen molar-refractivity contribution in [2.75, 3.05) is 7.11 Å². The van der Waals surface area contributed by atoms with Crippen molar-refractivity contribution in [3.63, 3.8) is 0 Å². The van der Waals surface area contributed by atoms with E-state index >= 15 is 0 Å². The van der Waals surface area contributed by atoms with Crippen LogP contribution in [0.25, 0.3) is 0 Å². The molecule has 2 atom stereocenters. The van der Waals surface area contributed by atoms with Gasteiger partial charge < -0.3 is 15.4 Å². The number of benzene rings is 1. The molecule has 0 spiro atoms. The second kappa shape index (κ2) is 5.72. The SMILES string of the molecule is COCc1cccc(C2C(N)CC(=O)N2C(C)C)c1. The first-order chi connectivity index (χ1) is 9.04. The van der Waals surface area contributed by atoms with Crippen molar-refractivity contribution in [2.24, 2.45) is 5.73 Å². The fourth-order valence-electron chi connectivity index (χ4n) is 2.83. The maximum atomic E-state index is 12.0. The molecule has 0 aromatic heterocycles. The van der Waals surface area contributed by atoms with E-state index in [0.717, 1.165) is 11.1 Å². The molecule has 1 heterocycles. The lowest BCUT2D eigenvalue weighted by atomic mass is 9.98. The molecule has 0 radical (unpaired) electrons. The fraction of sp³-hybridized carbons (Fsp3) is 0.533. The molecule has 1 aliphatic heterocycles. The molecule has 1 aromatic rings. The lowest BCUT2D eigenvalue weighted by Gasteiger charge is -2.31.